The molecule has 0 saturated carbocycles. The van der Waals surface area contributed by atoms with Crippen LogP contribution in [0.3, 0.4) is 0 Å². The Labute approximate surface area is 128 Å². The fraction of sp³-hybridized carbons (Fsp3) is 0.312. The van der Waals surface area contributed by atoms with Crippen LogP contribution in [0.15, 0.2) is 42.7 Å². The molecule has 0 bridgehead atoms. The molecule has 1 aliphatic rings. The third-order valence-corrected chi connectivity index (χ3v) is 4.15. The first-order valence-electron chi connectivity index (χ1n) is 7.09. The molecule has 3 rings (SSSR count). The van der Waals surface area contributed by atoms with Gasteiger partial charge in [-0.05, 0) is 37.1 Å². The van der Waals surface area contributed by atoms with Crippen molar-refractivity contribution in [2.24, 2.45) is 0 Å². The van der Waals surface area contributed by atoms with E-state index in [0.29, 0.717) is 10.7 Å². The predicted molar refractivity (Wildman–Crippen MR) is 84.5 cm³/mol. The fourth-order valence-electron chi connectivity index (χ4n) is 2.68. The molecule has 5 heteroatoms. The minimum Gasteiger partial charge on any atom is -0.379 e. The lowest BCUT2D eigenvalue weighted by molar-refractivity contribution is 0.522. The summed E-state index contributed by atoms with van der Waals surface area (Å²) in [7, 11) is 0. The molecule has 0 unspecified atom stereocenters. The van der Waals surface area contributed by atoms with Crippen molar-refractivity contribution in [3.05, 3.63) is 53.6 Å². The second-order valence-corrected chi connectivity index (χ2v) is 5.61. The molecule has 21 heavy (non-hydrogen) atoms. The van der Waals surface area contributed by atoms with Gasteiger partial charge in [-0.15, -0.1) is 0 Å². The zero-order valence-corrected chi connectivity index (χ0v) is 12.4. The monoisotopic (exact) mass is 305 g/mol. The molecule has 1 saturated heterocycles. The molecule has 0 amide bonds. The summed E-state index contributed by atoms with van der Waals surface area (Å²) in [5.74, 6) is -0.293. The van der Waals surface area contributed by atoms with Gasteiger partial charge in [0.1, 0.15) is 5.82 Å². The zero-order chi connectivity index (χ0) is 14.7. The molecule has 1 N–H and O–H groups in total. The Balaban J connectivity index is 1.62. The maximum absolute atomic E-state index is 13.8. The number of aromatic nitrogens is 1. The maximum atomic E-state index is 13.8. The molecule has 3 nitrogen and oxygen atoms in total. The van der Waals surface area contributed by atoms with Crippen LogP contribution in [-0.4, -0.2) is 24.1 Å². The molecule has 1 aliphatic heterocycles. The molecule has 0 radical (unpaired) electrons. The number of para-hydroxylation sites is 1. The summed E-state index contributed by atoms with van der Waals surface area (Å²) in [5.41, 5.74) is 1.61. The molecular weight excluding hydrogens is 289 g/mol. The van der Waals surface area contributed by atoms with E-state index in [1.807, 2.05) is 12.1 Å². The van der Waals surface area contributed by atoms with Crippen LogP contribution in [0.4, 0.5) is 15.8 Å². The molecule has 1 aromatic heterocycles. The van der Waals surface area contributed by atoms with Gasteiger partial charge < -0.3 is 10.2 Å². The van der Waals surface area contributed by atoms with Crippen molar-refractivity contribution in [2.75, 3.05) is 23.3 Å². The van der Waals surface area contributed by atoms with Gasteiger partial charge in [-0.1, -0.05) is 17.7 Å². The number of nitrogens with zero attached hydrogens (tertiary/aromatic N) is 2. The maximum Gasteiger partial charge on any atom is 0.147 e. The Morgan fingerprint density at radius 1 is 1.14 bits per heavy atom. The van der Waals surface area contributed by atoms with Crippen LogP contribution in [-0.2, 0) is 0 Å². The molecular formula is C16H17ClFN3. The summed E-state index contributed by atoms with van der Waals surface area (Å²) in [4.78, 5) is 6.36. The van der Waals surface area contributed by atoms with E-state index in [4.69, 9.17) is 11.6 Å². The summed E-state index contributed by atoms with van der Waals surface area (Å²) in [6.07, 6.45) is 5.51. The molecule has 2 aromatic rings. The van der Waals surface area contributed by atoms with Crippen molar-refractivity contribution in [1.29, 1.82) is 0 Å². The third-order valence-electron chi connectivity index (χ3n) is 3.83. The highest BCUT2D eigenvalue weighted by molar-refractivity contribution is 6.33. The second kappa shape index (κ2) is 6.31. The summed E-state index contributed by atoms with van der Waals surface area (Å²) < 4.78 is 13.8. The molecule has 1 aromatic carbocycles. The average molecular weight is 306 g/mol. The quantitative estimate of drug-likeness (QED) is 0.930. The van der Waals surface area contributed by atoms with Gasteiger partial charge in [-0.2, -0.15) is 0 Å². The lowest BCUT2D eigenvalue weighted by Crippen LogP contribution is -2.39. The number of piperidine rings is 1. The van der Waals surface area contributed by atoms with Crippen molar-refractivity contribution in [1.82, 2.24) is 4.98 Å². The number of pyridine rings is 1. The van der Waals surface area contributed by atoms with Gasteiger partial charge in [0.05, 0.1) is 10.7 Å². The Morgan fingerprint density at radius 3 is 2.52 bits per heavy atom. The largest absolute Gasteiger partial charge is 0.379 e. The van der Waals surface area contributed by atoms with Crippen molar-refractivity contribution < 1.29 is 4.39 Å². The van der Waals surface area contributed by atoms with Crippen LogP contribution < -0.4 is 10.2 Å². The summed E-state index contributed by atoms with van der Waals surface area (Å²) in [6, 6.07) is 9.04. The zero-order valence-electron chi connectivity index (χ0n) is 11.6. The molecule has 110 valence electrons. The summed E-state index contributed by atoms with van der Waals surface area (Å²) in [6.45, 7) is 1.88. The van der Waals surface area contributed by atoms with Gasteiger partial charge in [0, 0.05) is 37.2 Å². The van der Waals surface area contributed by atoms with Gasteiger partial charge in [-0.25, -0.2) is 4.39 Å². The number of hydrogen-bond donors (Lipinski definition) is 1. The van der Waals surface area contributed by atoms with Crippen molar-refractivity contribution >= 4 is 23.0 Å². The van der Waals surface area contributed by atoms with E-state index in [1.54, 1.807) is 24.5 Å². The highest BCUT2D eigenvalue weighted by Crippen LogP contribution is 2.28. The average Bonchev–Trinajstić information content (AvgIpc) is 2.53. The highest BCUT2D eigenvalue weighted by Gasteiger charge is 2.21. The lowest BCUT2D eigenvalue weighted by atomic mass is 10.0. The van der Waals surface area contributed by atoms with Crippen LogP contribution in [0.1, 0.15) is 12.8 Å². The van der Waals surface area contributed by atoms with Gasteiger partial charge in [0.25, 0.3) is 0 Å². The van der Waals surface area contributed by atoms with Crippen LogP contribution in [0.5, 0.6) is 0 Å². The molecule has 0 aliphatic carbocycles. The van der Waals surface area contributed by atoms with Crippen LogP contribution in [0.2, 0.25) is 5.02 Å². The number of nitrogens with one attached hydrogen (secondary N) is 1. The van der Waals surface area contributed by atoms with E-state index in [-0.39, 0.29) is 11.9 Å². The molecule has 2 heterocycles. The van der Waals surface area contributed by atoms with Gasteiger partial charge in [0.15, 0.2) is 0 Å². The Bertz CT molecular complexity index is 577. The van der Waals surface area contributed by atoms with Crippen molar-refractivity contribution in [3.8, 4) is 0 Å². The standard InChI is InChI=1S/C16H17ClFN3/c17-14-2-1-3-15(18)16(14)20-12-6-10-21(11-7-12)13-4-8-19-9-5-13/h1-5,8-9,12,20H,6-7,10-11H2. The molecule has 0 spiro atoms. The first-order valence-corrected chi connectivity index (χ1v) is 7.47. The normalized spacial score (nSPS) is 16.0. The van der Waals surface area contributed by atoms with Crippen molar-refractivity contribution in [2.45, 2.75) is 18.9 Å². The smallest absolute Gasteiger partial charge is 0.147 e. The number of hydrogen-bond acceptors (Lipinski definition) is 3. The first kappa shape index (κ1) is 14.1. The van der Waals surface area contributed by atoms with Gasteiger partial charge in [-0.3, -0.25) is 4.98 Å². The second-order valence-electron chi connectivity index (χ2n) is 5.21. The molecule has 1 fully saturated rings. The third kappa shape index (κ3) is 3.27. The SMILES string of the molecule is Fc1cccc(Cl)c1NC1CCN(c2ccncc2)CC1. The summed E-state index contributed by atoms with van der Waals surface area (Å²) in [5, 5.41) is 3.68. The topological polar surface area (TPSA) is 28.2 Å². The van der Waals surface area contributed by atoms with Gasteiger partial charge >= 0.3 is 0 Å². The number of rotatable bonds is 3. The lowest BCUT2D eigenvalue weighted by Gasteiger charge is -2.34. The Morgan fingerprint density at radius 2 is 1.86 bits per heavy atom. The fourth-order valence-corrected chi connectivity index (χ4v) is 2.89. The Kier molecular flexibility index (Phi) is 4.25. The minimum atomic E-state index is -0.293. The predicted octanol–water partition coefficient (Wildman–Crippen LogP) is 3.96. The first-order chi connectivity index (χ1) is 10.2. The van der Waals surface area contributed by atoms with Gasteiger partial charge in [0.2, 0.25) is 0 Å². The molecule has 0 atom stereocenters. The number of benzene rings is 1. The number of halogens is 2. The number of anilines is 2. The van der Waals surface area contributed by atoms with E-state index in [9.17, 15) is 4.39 Å². The van der Waals surface area contributed by atoms with Crippen LogP contribution in [0.25, 0.3) is 0 Å². The van der Waals surface area contributed by atoms with Crippen LogP contribution >= 0.6 is 11.6 Å². The Hall–Kier alpha value is -1.81. The van der Waals surface area contributed by atoms with E-state index in [0.717, 1.165) is 25.9 Å². The van der Waals surface area contributed by atoms with Crippen LogP contribution in [0, 0.1) is 5.82 Å². The summed E-state index contributed by atoms with van der Waals surface area (Å²) >= 11 is 6.05. The van der Waals surface area contributed by atoms with E-state index >= 15 is 0 Å². The van der Waals surface area contributed by atoms with Crippen molar-refractivity contribution in [3.63, 3.8) is 0 Å². The van der Waals surface area contributed by atoms with E-state index in [2.05, 4.69) is 15.2 Å². The van der Waals surface area contributed by atoms with E-state index < -0.39 is 0 Å². The highest BCUT2D eigenvalue weighted by atomic mass is 35.5. The van der Waals surface area contributed by atoms with E-state index in [1.165, 1.54) is 11.8 Å². The minimum absolute atomic E-state index is 0.248.